The lowest BCUT2D eigenvalue weighted by Crippen LogP contribution is -2.48. The van der Waals surface area contributed by atoms with Crippen molar-refractivity contribution in [3.63, 3.8) is 0 Å². The molecule has 2 aliphatic rings. The second kappa shape index (κ2) is 6.93. The van der Waals surface area contributed by atoms with Crippen LogP contribution in [0, 0.1) is 17.6 Å². The Kier molecular flexibility index (Phi) is 4.92. The molecule has 0 aromatic heterocycles. The van der Waals surface area contributed by atoms with Crippen molar-refractivity contribution >= 4 is 5.91 Å². The summed E-state index contributed by atoms with van der Waals surface area (Å²) in [5.74, 6) is -1.63. The van der Waals surface area contributed by atoms with Crippen molar-refractivity contribution in [1.82, 2.24) is 4.90 Å². The van der Waals surface area contributed by atoms with Gasteiger partial charge in [-0.1, -0.05) is 6.07 Å². The molecule has 2 aliphatic heterocycles. The van der Waals surface area contributed by atoms with E-state index in [0.717, 1.165) is 25.0 Å². The lowest BCUT2D eigenvalue weighted by Gasteiger charge is -2.37. The van der Waals surface area contributed by atoms with Gasteiger partial charge in [-0.2, -0.15) is 0 Å². The van der Waals surface area contributed by atoms with Crippen molar-refractivity contribution in [2.24, 2.45) is 5.92 Å². The summed E-state index contributed by atoms with van der Waals surface area (Å²) in [6.07, 6.45) is 1.71. The summed E-state index contributed by atoms with van der Waals surface area (Å²) in [7, 11) is 0. The first kappa shape index (κ1) is 16.3. The van der Waals surface area contributed by atoms with Gasteiger partial charge in [-0.15, -0.1) is 0 Å². The van der Waals surface area contributed by atoms with Gasteiger partial charge in [-0.25, -0.2) is 8.78 Å². The van der Waals surface area contributed by atoms with Gasteiger partial charge in [-0.05, 0) is 30.9 Å². The van der Waals surface area contributed by atoms with Crippen LogP contribution in [-0.4, -0.2) is 47.8 Å². The highest BCUT2D eigenvalue weighted by molar-refractivity contribution is 5.79. The number of rotatable bonds is 3. The largest absolute Gasteiger partial charge is 0.393 e. The maximum atomic E-state index is 13.7. The highest BCUT2D eigenvalue weighted by Crippen LogP contribution is 2.30. The van der Waals surface area contributed by atoms with Gasteiger partial charge in [-0.3, -0.25) is 4.79 Å². The van der Waals surface area contributed by atoms with Gasteiger partial charge < -0.3 is 14.7 Å². The molecule has 6 heteroatoms. The van der Waals surface area contributed by atoms with Gasteiger partial charge in [0.1, 0.15) is 11.6 Å². The number of amides is 1. The third-order valence-corrected chi connectivity index (χ3v) is 4.83. The van der Waals surface area contributed by atoms with E-state index in [1.807, 2.05) is 0 Å². The smallest absolute Gasteiger partial charge is 0.227 e. The molecule has 2 saturated heterocycles. The van der Waals surface area contributed by atoms with Gasteiger partial charge in [0.25, 0.3) is 0 Å². The summed E-state index contributed by atoms with van der Waals surface area (Å²) in [6, 6.07) is 3.20. The highest BCUT2D eigenvalue weighted by Gasteiger charge is 2.39. The van der Waals surface area contributed by atoms with Crippen LogP contribution in [0.15, 0.2) is 18.2 Å². The minimum atomic E-state index is -0.699. The lowest BCUT2D eigenvalue weighted by molar-refractivity contribution is -0.135. The Balaban J connectivity index is 1.70. The van der Waals surface area contributed by atoms with E-state index < -0.39 is 17.7 Å². The number of aliphatic hydroxyl groups is 1. The van der Waals surface area contributed by atoms with E-state index in [-0.39, 0.29) is 29.9 Å². The van der Waals surface area contributed by atoms with Crippen LogP contribution >= 0.6 is 0 Å². The number of aliphatic hydroxyl groups excluding tert-OH is 1. The number of halogens is 2. The van der Waals surface area contributed by atoms with Crippen molar-refractivity contribution in [2.45, 2.75) is 37.8 Å². The summed E-state index contributed by atoms with van der Waals surface area (Å²) < 4.78 is 32.1. The van der Waals surface area contributed by atoms with Crippen molar-refractivity contribution in [1.29, 1.82) is 0 Å². The summed E-state index contributed by atoms with van der Waals surface area (Å²) >= 11 is 0. The quantitative estimate of drug-likeness (QED) is 0.923. The van der Waals surface area contributed by atoms with E-state index in [9.17, 15) is 18.7 Å². The molecular formula is C17H21F2NO3. The number of likely N-dealkylation sites (tertiary alicyclic amines) is 1. The molecule has 2 fully saturated rings. The zero-order valence-electron chi connectivity index (χ0n) is 12.9. The standard InChI is InChI=1S/C17H21F2NO3/c18-12-4-3-11(14(19)9-12)8-17(22)20-6-1-2-15(20)13-10-23-7-5-16(13)21/h3-4,9,13,15-16,21H,1-2,5-8,10H2/t13-,15-,16+/m1/s1. The van der Waals surface area contributed by atoms with Gasteiger partial charge >= 0.3 is 0 Å². The monoisotopic (exact) mass is 325 g/mol. The second-order valence-electron chi connectivity index (χ2n) is 6.30. The Morgan fingerprint density at radius 1 is 1.35 bits per heavy atom. The van der Waals surface area contributed by atoms with Crippen LogP contribution in [0.4, 0.5) is 8.78 Å². The highest BCUT2D eigenvalue weighted by atomic mass is 19.1. The summed E-state index contributed by atoms with van der Waals surface area (Å²) in [4.78, 5) is 14.3. The Morgan fingerprint density at radius 3 is 2.91 bits per heavy atom. The molecular weight excluding hydrogens is 304 g/mol. The molecule has 0 aliphatic carbocycles. The molecule has 4 nitrogen and oxygen atoms in total. The molecule has 0 bridgehead atoms. The number of carbonyl (C=O) groups excluding carboxylic acids is 1. The fourth-order valence-corrected chi connectivity index (χ4v) is 3.59. The summed E-state index contributed by atoms with van der Waals surface area (Å²) in [5, 5.41) is 10.2. The van der Waals surface area contributed by atoms with Crippen LogP contribution in [0.5, 0.6) is 0 Å². The molecule has 1 aromatic carbocycles. The minimum Gasteiger partial charge on any atom is -0.393 e. The van der Waals surface area contributed by atoms with E-state index in [1.165, 1.54) is 6.07 Å². The lowest BCUT2D eigenvalue weighted by atomic mass is 9.89. The van der Waals surface area contributed by atoms with E-state index in [0.29, 0.717) is 26.2 Å². The maximum absolute atomic E-state index is 13.7. The number of carbonyl (C=O) groups is 1. The van der Waals surface area contributed by atoms with E-state index in [1.54, 1.807) is 4.90 Å². The molecule has 3 rings (SSSR count). The van der Waals surface area contributed by atoms with E-state index in [4.69, 9.17) is 4.74 Å². The van der Waals surface area contributed by atoms with Crippen LogP contribution in [0.3, 0.4) is 0 Å². The van der Waals surface area contributed by atoms with Gasteiger partial charge in [0.15, 0.2) is 0 Å². The Bertz CT molecular complexity index is 581. The predicted octanol–water partition coefficient (Wildman–Crippen LogP) is 1.90. The normalized spacial score (nSPS) is 28.1. The molecule has 0 spiro atoms. The molecule has 1 amide bonds. The topological polar surface area (TPSA) is 49.8 Å². The number of hydrogen-bond donors (Lipinski definition) is 1. The van der Waals surface area contributed by atoms with Crippen LogP contribution in [0.25, 0.3) is 0 Å². The van der Waals surface area contributed by atoms with E-state index in [2.05, 4.69) is 0 Å². The predicted molar refractivity (Wildman–Crippen MR) is 79.7 cm³/mol. The number of ether oxygens (including phenoxy) is 1. The summed E-state index contributed by atoms with van der Waals surface area (Å²) in [5.41, 5.74) is 0.197. The molecule has 126 valence electrons. The average molecular weight is 325 g/mol. The van der Waals surface area contributed by atoms with Gasteiger partial charge in [0, 0.05) is 31.2 Å². The fourth-order valence-electron chi connectivity index (χ4n) is 3.59. The Morgan fingerprint density at radius 2 is 2.17 bits per heavy atom. The van der Waals surface area contributed by atoms with Crippen LogP contribution in [-0.2, 0) is 16.0 Å². The third-order valence-electron chi connectivity index (χ3n) is 4.83. The second-order valence-corrected chi connectivity index (χ2v) is 6.30. The van der Waals surface area contributed by atoms with Crippen molar-refractivity contribution in [3.8, 4) is 0 Å². The van der Waals surface area contributed by atoms with E-state index >= 15 is 0 Å². The molecule has 1 N–H and O–H groups in total. The molecule has 0 radical (unpaired) electrons. The molecule has 2 heterocycles. The van der Waals surface area contributed by atoms with Crippen molar-refractivity contribution in [3.05, 3.63) is 35.4 Å². The first-order valence-electron chi connectivity index (χ1n) is 8.05. The van der Waals surface area contributed by atoms with Crippen molar-refractivity contribution < 1.29 is 23.4 Å². The molecule has 23 heavy (non-hydrogen) atoms. The number of benzene rings is 1. The maximum Gasteiger partial charge on any atom is 0.227 e. The van der Waals surface area contributed by atoms with Crippen LogP contribution in [0.1, 0.15) is 24.8 Å². The molecule has 3 atom stereocenters. The SMILES string of the molecule is O=C(Cc1ccc(F)cc1F)N1CCC[C@@H]1[C@H]1COCC[C@@H]1O. The minimum absolute atomic E-state index is 0.0682. The first-order valence-corrected chi connectivity index (χ1v) is 8.05. The zero-order valence-corrected chi connectivity index (χ0v) is 12.9. The molecule has 0 unspecified atom stereocenters. The van der Waals surface area contributed by atoms with Gasteiger partial charge in [0.2, 0.25) is 5.91 Å². The molecule has 0 saturated carbocycles. The summed E-state index contributed by atoms with van der Waals surface area (Å²) in [6.45, 7) is 1.59. The average Bonchev–Trinajstić information content (AvgIpc) is 3.00. The fraction of sp³-hybridized carbons (Fsp3) is 0.588. The van der Waals surface area contributed by atoms with Crippen LogP contribution in [0.2, 0.25) is 0 Å². The Labute approximate surface area is 134 Å². The third kappa shape index (κ3) is 3.53. The first-order chi connectivity index (χ1) is 11.1. The Hall–Kier alpha value is -1.53. The zero-order chi connectivity index (χ0) is 16.4. The number of hydrogen-bond acceptors (Lipinski definition) is 3. The molecule has 1 aromatic rings. The van der Waals surface area contributed by atoms with Crippen LogP contribution < -0.4 is 0 Å². The van der Waals surface area contributed by atoms with Crippen molar-refractivity contribution in [2.75, 3.05) is 19.8 Å². The van der Waals surface area contributed by atoms with Gasteiger partial charge in [0.05, 0.1) is 19.1 Å². The number of nitrogens with zero attached hydrogens (tertiary/aromatic N) is 1.